The number of hydrogen-bond donors (Lipinski definition) is 2. The van der Waals surface area contributed by atoms with Crippen molar-refractivity contribution in [2.24, 2.45) is 0 Å². The van der Waals surface area contributed by atoms with E-state index in [4.69, 9.17) is 5.11 Å². The number of carboxylic acid groups (broad SMARTS) is 1. The Balaban J connectivity index is 2.83. The molecule has 0 unspecified atom stereocenters. The van der Waals surface area contributed by atoms with E-state index in [1.807, 2.05) is 0 Å². The molecule has 4 nitrogen and oxygen atoms in total. The van der Waals surface area contributed by atoms with E-state index in [-0.39, 0.29) is 5.65 Å². The first-order valence-corrected chi connectivity index (χ1v) is 4.18. The van der Waals surface area contributed by atoms with E-state index < -0.39 is 28.7 Å². The number of pyridine rings is 1. The van der Waals surface area contributed by atoms with E-state index >= 15 is 0 Å². The molecule has 0 aliphatic heterocycles. The Hall–Kier alpha value is -2.05. The Kier molecular flexibility index (Phi) is 2.11. The van der Waals surface area contributed by atoms with Gasteiger partial charge in [0, 0.05) is 17.8 Å². The quantitative estimate of drug-likeness (QED) is 0.789. The second-order valence-corrected chi connectivity index (χ2v) is 3.09. The fourth-order valence-corrected chi connectivity index (χ4v) is 1.46. The van der Waals surface area contributed by atoms with Crippen molar-refractivity contribution in [1.29, 1.82) is 0 Å². The number of alkyl halides is 3. The van der Waals surface area contributed by atoms with Gasteiger partial charge in [0.15, 0.2) is 0 Å². The van der Waals surface area contributed by atoms with Gasteiger partial charge in [0.2, 0.25) is 0 Å². The number of aromatic amines is 1. The van der Waals surface area contributed by atoms with Gasteiger partial charge in [-0.05, 0) is 6.07 Å². The van der Waals surface area contributed by atoms with Crippen LogP contribution >= 0.6 is 0 Å². The summed E-state index contributed by atoms with van der Waals surface area (Å²) < 4.78 is 37.7. The van der Waals surface area contributed by atoms with Crippen LogP contribution in [-0.2, 0) is 6.18 Å². The molecule has 0 saturated heterocycles. The molecule has 0 aromatic carbocycles. The third-order valence-electron chi connectivity index (χ3n) is 2.11. The van der Waals surface area contributed by atoms with Gasteiger partial charge >= 0.3 is 12.1 Å². The van der Waals surface area contributed by atoms with Crippen LogP contribution in [0.15, 0.2) is 18.5 Å². The molecular weight excluding hydrogens is 225 g/mol. The average molecular weight is 230 g/mol. The zero-order valence-corrected chi connectivity index (χ0v) is 7.67. The smallest absolute Gasteiger partial charge is 0.418 e. The lowest BCUT2D eigenvalue weighted by Gasteiger charge is -2.05. The summed E-state index contributed by atoms with van der Waals surface area (Å²) in [6, 6.07) is 1.04. The number of nitrogens with one attached hydrogen (secondary N) is 1. The van der Waals surface area contributed by atoms with Crippen molar-refractivity contribution < 1.29 is 23.1 Å². The summed E-state index contributed by atoms with van der Waals surface area (Å²) >= 11 is 0. The maximum atomic E-state index is 12.6. The van der Waals surface area contributed by atoms with Gasteiger partial charge in [-0.15, -0.1) is 0 Å². The number of hydrogen-bond acceptors (Lipinski definition) is 2. The maximum absolute atomic E-state index is 12.6. The molecule has 2 aromatic rings. The van der Waals surface area contributed by atoms with E-state index in [0.29, 0.717) is 6.20 Å². The first kappa shape index (κ1) is 10.5. The number of carboxylic acids is 1. The van der Waals surface area contributed by atoms with Gasteiger partial charge in [-0.2, -0.15) is 13.2 Å². The molecule has 0 amide bonds. The van der Waals surface area contributed by atoms with E-state index in [9.17, 15) is 18.0 Å². The van der Waals surface area contributed by atoms with Crippen molar-refractivity contribution in [3.05, 3.63) is 29.6 Å². The van der Waals surface area contributed by atoms with Gasteiger partial charge in [0.1, 0.15) is 5.65 Å². The predicted molar refractivity (Wildman–Crippen MR) is 48.1 cm³/mol. The van der Waals surface area contributed by atoms with Crippen LogP contribution in [0.3, 0.4) is 0 Å². The molecule has 2 rings (SSSR count). The van der Waals surface area contributed by atoms with Crippen LogP contribution < -0.4 is 0 Å². The highest BCUT2D eigenvalue weighted by molar-refractivity contribution is 6.03. The number of aromatic nitrogens is 2. The minimum atomic E-state index is -4.61. The molecule has 0 fully saturated rings. The monoisotopic (exact) mass is 230 g/mol. The third kappa shape index (κ3) is 1.50. The van der Waals surface area contributed by atoms with E-state index in [2.05, 4.69) is 9.97 Å². The molecule has 0 aliphatic carbocycles. The van der Waals surface area contributed by atoms with Crippen LogP contribution in [0, 0.1) is 0 Å². The summed E-state index contributed by atoms with van der Waals surface area (Å²) in [5, 5.41) is 8.37. The lowest BCUT2D eigenvalue weighted by Crippen LogP contribution is -2.06. The summed E-state index contributed by atoms with van der Waals surface area (Å²) in [4.78, 5) is 16.7. The van der Waals surface area contributed by atoms with Crippen LogP contribution in [0.4, 0.5) is 13.2 Å². The number of H-pyrrole nitrogens is 1. The first-order chi connectivity index (χ1) is 7.41. The minimum Gasteiger partial charge on any atom is -0.478 e. The molecule has 0 bridgehead atoms. The van der Waals surface area contributed by atoms with Crippen LogP contribution in [0.5, 0.6) is 0 Å². The summed E-state index contributed by atoms with van der Waals surface area (Å²) in [6.07, 6.45) is -2.75. The molecular formula is C9H5F3N2O2. The van der Waals surface area contributed by atoms with Crippen LogP contribution in [-0.4, -0.2) is 21.0 Å². The zero-order chi connectivity index (χ0) is 11.9. The average Bonchev–Trinajstić information content (AvgIpc) is 2.59. The lowest BCUT2D eigenvalue weighted by atomic mass is 10.1. The largest absolute Gasteiger partial charge is 0.478 e. The van der Waals surface area contributed by atoms with E-state index in [0.717, 1.165) is 12.3 Å². The number of rotatable bonds is 1. The SMILES string of the molecule is O=C(O)c1ccnc2[nH]cc(C(F)(F)F)c12. The van der Waals surface area contributed by atoms with Crippen molar-refractivity contribution >= 4 is 17.0 Å². The molecule has 2 aromatic heterocycles. The molecule has 2 heterocycles. The standard InChI is InChI=1S/C9H5F3N2O2/c10-9(11,12)5-3-14-7-6(5)4(8(15)16)1-2-13-7/h1-3H,(H,13,14)(H,15,16). The molecule has 84 valence electrons. The van der Waals surface area contributed by atoms with Crippen molar-refractivity contribution in [2.45, 2.75) is 6.18 Å². The molecule has 16 heavy (non-hydrogen) atoms. The summed E-state index contributed by atoms with van der Waals surface area (Å²) in [5.74, 6) is -1.42. The zero-order valence-electron chi connectivity index (χ0n) is 7.67. The molecule has 7 heteroatoms. The van der Waals surface area contributed by atoms with Crippen molar-refractivity contribution in [2.75, 3.05) is 0 Å². The summed E-state index contributed by atoms with van der Waals surface area (Å²) in [7, 11) is 0. The maximum Gasteiger partial charge on any atom is 0.418 e. The summed E-state index contributed by atoms with van der Waals surface area (Å²) in [6.45, 7) is 0. The van der Waals surface area contributed by atoms with E-state index in [1.54, 1.807) is 0 Å². The fraction of sp³-hybridized carbons (Fsp3) is 0.111. The Morgan fingerprint density at radius 2 is 2.12 bits per heavy atom. The van der Waals surface area contributed by atoms with Crippen molar-refractivity contribution in [1.82, 2.24) is 9.97 Å². The van der Waals surface area contributed by atoms with Crippen LogP contribution in [0.25, 0.3) is 11.0 Å². The normalized spacial score (nSPS) is 11.9. The highest BCUT2D eigenvalue weighted by Crippen LogP contribution is 2.35. The molecule has 0 atom stereocenters. The van der Waals surface area contributed by atoms with Gasteiger partial charge in [0.25, 0.3) is 0 Å². The lowest BCUT2D eigenvalue weighted by molar-refractivity contribution is -0.136. The third-order valence-corrected chi connectivity index (χ3v) is 2.11. The van der Waals surface area contributed by atoms with Gasteiger partial charge in [-0.1, -0.05) is 0 Å². The second kappa shape index (κ2) is 3.22. The molecule has 2 N–H and O–H groups in total. The Morgan fingerprint density at radius 3 is 2.69 bits per heavy atom. The van der Waals surface area contributed by atoms with Crippen molar-refractivity contribution in [3.8, 4) is 0 Å². The first-order valence-electron chi connectivity index (χ1n) is 4.18. The Morgan fingerprint density at radius 1 is 1.44 bits per heavy atom. The van der Waals surface area contributed by atoms with Gasteiger partial charge < -0.3 is 10.1 Å². The number of fused-ring (bicyclic) bond motifs is 1. The molecule has 0 aliphatic rings. The number of halogens is 3. The van der Waals surface area contributed by atoms with Crippen molar-refractivity contribution in [3.63, 3.8) is 0 Å². The topological polar surface area (TPSA) is 66.0 Å². The predicted octanol–water partition coefficient (Wildman–Crippen LogP) is 2.28. The Bertz CT molecular complexity index is 559. The number of aromatic carboxylic acids is 1. The fourth-order valence-electron chi connectivity index (χ4n) is 1.46. The van der Waals surface area contributed by atoms with Gasteiger partial charge in [-0.25, -0.2) is 9.78 Å². The molecule has 0 saturated carbocycles. The van der Waals surface area contributed by atoms with Crippen LogP contribution in [0.1, 0.15) is 15.9 Å². The highest BCUT2D eigenvalue weighted by Gasteiger charge is 2.35. The van der Waals surface area contributed by atoms with E-state index in [1.165, 1.54) is 0 Å². The number of nitrogens with zero attached hydrogens (tertiary/aromatic N) is 1. The second-order valence-electron chi connectivity index (χ2n) is 3.09. The summed E-state index contributed by atoms with van der Waals surface area (Å²) in [5.41, 5.74) is -1.53. The number of carbonyl (C=O) groups is 1. The van der Waals surface area contributed by atoms with Crippen LogP contribution in [0.2, 0.25) is 0 Å². The molecule has 0 spiro atoms. The minimum absolute atomic E-state index is 0.0905. The molecule has 0 radical (unpaired) electrons. The Labute approximate surface area is 86.7 Å². The highest BCUT2D eigenvalue weighted by atomic mass is 19.4. The van der Waals surface area contributed by atoms with Gasteiger partial charge in [0.05, 0.1) is 11.1 Å². The van der Waals surface area contributed by atoms with Gasteiger partial charge in [-0.3, -0.25) is 0 Å².